The van der Waals surface area contributed by atoms with Gasteiger partial charge in [0.1, 0.15) is 0 Å². The van der Waals surface area contributed by atoms with E-state index in [1.165, 1.54) is 51.4 Å². The molecule has 1 amide bonds. The smallest absolute Gasteiger partial charge is 0.222 e. The molecular formula is C17H31NO. The molecule has 2 heteroatoms. The lowest BCUT2D eigenvalue weighted by atomic mass is 9.85. The van der Waals surface area contributed by atoms with Crippen molar-refractivity contribution in [3.05, 3.63) is 0 Å². The first-order valence-electron chi connectivity index (χ1n) is 8.48. The van der Waals surface area contributed by atoms with Crippen LogP contribution in [-0.4, -0.2) is 23.4 Å². The van der Waals surface area contributed by atoms with Gasteiger partial charge in [-0.3, -0.25) is 4.79 Å². The van der Waals surface area contributed by atoms with E-state index in [-0.39, 0.29) is 0 Å². The van der Waals surface area contributed by atoms with Crippen LogP contribution in [-0.2, 0) is 4.79 Å². The van der Waals surface area contributed by atoms with Gasteiger partial charge >= 0.3 is 0 Å². The first-order chi connectivity index (χ1) is 9.18. The van der Waals surface area contributed by atoms with E-state index in [0.29, 0.717) is 17.9 Å². The summed E-state index contributed by atoms with van der Waals surface area (Å²) in [5.74, 6) is 1.88. The fraction of sp³-hybridized carbons (Fsp3) is 0.941. The molecular weight excluding hydrogens is 234 g/mol. The summed E-state index contributed by atoms with van der Waals surface area (Å²) in [6, 6.07) is 0.507. The molecule has 1 atom stereocenters. The Hall–Kier alpha value is -0.530. The lowest BCUT2D eigenvalue weighted by molar-refractivity contribution is -0.136. The summed E-state index contributed by atoms with van der Waals surface area (Å²) >= 11 is 0. The van der Waals surface area contributed by atoms with Gasteiger partial charge in [0.15, 0.2) is 0 Å². The quantitative estimate of drug-likeness (QED) is 0.738. The number of rotatable bonds is 4. The van der Waals surface area contributed by atoms with Crippen LogP contribution in [0.25, 0.3) is 0 Å². The molecule has 2 fully saturated rings. The van der Waals surface area contributed by atoms with Crippen LogP contribution >= 0.6 is 0 Å². The van der Waals surface area contributed by atoms with Crippen LogP contribution in [0.1, 0.15) is 78.1 Å². The van der Waals surface area contributed by atoms with Gasteiger partial charge < -0.3 is 4.90 Å². The summed E-state index contributed by atoms with van der Waals surface area (Å²) in [5.41, 5.74) is 0. The number of carbonyl (C=O) groups is 1. The molecule has 1 aliphatic heterocycles. The molecule has 2 aliphatic rings. The van der Waals surface area contributed by atoms with Gasteiger partial charge in [-0.05, 0) is 37.5 Å². The Morgan fingerprint density at radius 2 is 1.74 bits per heavy atom. The van der Waals surface area contributed by atoms with Crippen LogP contribution in [0.5, 0.6) is 0 Å². The Labute approximate surface area is 118 Å². The van der Waals surface area contributed by atoms with Crippen molar-refractivity contribution < 1.29 is 4.79 Å². The third-order valence-corrected chi connectivity index (χ3v) is 5.13. The number of piperidine rings is 1. The van der Waals surface area contributed by atoms with Crippen molar-refractivity contribution in [3.8, 4) is 0 Å². The predicted molar refractivity (Wildman–Crippen MR) is 80.0 cm³/mol. The maximum Gasteiger partial charge on any atom is 0.222 e. The molecule has 1 heterocycles. The van der Waals surface area contributed by atoms with Crippen molar-refractivity contribution in [2.75, 3.05) is 6.54 Å². The van der Waals surface area contributed by atoms with Crippen molar-refractivity contribution in [3.63, 3.8) is 0 Å². The minimum absolute atomic E-state index is 0.434. The minimum atomic E-state index is 0.434. The van der Waals surface area contributed by atoms with Crippen molar-refractivity contribution in [2.45, 2.75) is 84.1 Å². The zero-order chi connectivity index (χ0) is 13.7. The van der Waals surface area contributed by atoms with Crippen molar-refractivity contribution in [1.29, 1.82) is 0 Å². The highest BCUT2D eigenvalue weighted by Crippen LogP contribution is 2.29. The summed E-state index contributed by atoms with van der Waals surface area (Å²) in [4.78, 5) is 14.7. The van der Waals surface area contributed by atoms with E-state index in [4.69, 9.17) is 0 Å². The van der Waals surface area contributed by atoms with Crippen LogP contribution in [0.2, 0.25) is 0 Å². The monoisotopic (exact) mass is 265 g/mol. The molecule has 1 unspecified atom stereocenters. The standard InChI is InChI=1S/C17H31NO/c1-14(2)16-10-6-7-13-18(16)17(19)12-11-15-8-4-3-5-9-15/h14-16H,3-13H2,1-2H3. The average molecular weight is 265 g/mol. The van der Waals surface area contributed by atoms with Gasteiger partial charge in [-0.1, -0.05) is 46.0 Å². The molecule has 0 N–H and O–H groups in total. The number of hydrogen-bond donors (Lipinski definition) is 0. The fourth-order valence-electron chi connectivity index (χ4n) is 3.91. The molecule has 0 aromatic carbocycles. The average Bonchev–Trinajstić information content (AvgIpc) is 2.46. The second-order valence-electron chi connectivity index (χ2n) is 6.94. The van der Waals surface area contributed by atoms with Crippen LogP contribution in [0, 0.1) is 11.8 Å². The highest BCUT2D eigenvalue weighted by Gasteiger charge is 2.28. The largest absolute Gasteiger partial charge is 0.339 e. The zero-order valence-electron chi connectivity index (χ0n) is 12.9. The number of hydrogen-bond acceptors (Lipinski definition) is 1. The van der Waals surface area contributed by atoms with Gasteiger partial charge in [-0.25, -0.2) is 0 Å². The third kappa shape index (κ3) is 4.22. The maximum absolute atomic E-state index is 12.5. The molecule has 1 saturated carbocycles. The topological polar surface area (TPSA) is 20.3 Å². The van der Waals surface area contributed by atoms with Gasteiger partial charge in [-0.2, -0.15) is 0 Å². The minimum Gasteiger partial charge on any atom is -0.339 e. The van der Waals surface area contributed by atoms with E-state index in [1.54, 1.807) is 0 Å². The number of nitrogens with zero attached hydrogens (tertiary/aromatic N) is 1. The molecule has 110 valence electrons. The van der Waals surface area contributed by atoms with Gasteiger partial charge in [0.25, 0.3) is 0 Å². The van der Waals surface area contributed by atoms with Crippen molar-refractivity contribution >= 4 is 5.91 Å². The highest BCUT2D eigenvalue weighted by molar-refractivity contribution is 5.76. The Morgan fingerprint density at radius 1 is 1.05 bits per heavy atom. The number of likely N-dealkylation sites (tertiary alicyclic amines) is 1. The molecule has 1 aliphatic carbocycles. The van der Waals surface area contributed by atoms with Crippen LogP contribution in [0.15, 0.2) is 0 Å². The number of carbonyl (C=O) groups excluding carboxylic acids is 1. The van der Waals surface area contributed by atoms with Crippen molar-refractivity contribution in [1.82, 2.24) is 4.90 Å². The second-order valence-corrected chi connectivity index (χ2v) is 6.94. The first-order valence-corrected chi connectivity index (χ1v) is 8.48. The van der Waals surface area contributed by atoms with E-state index >= 15 is 0 Å². The lowest BCUT2D eigenvalue weighted by Gasteiger charge is -2.38. The van der Waals surface area contributed by atoms with Crippen LogP contribution in [0.4, 0.5) is 0 Å². The fourth-order valence-corrected chi connectivity index (χ4v) is 3.91. The molecule has 0 spiro atoms. The Balaban J connectivity index is 1.80. The van der Waals surface area contributed by atoms with E-state index in [9.17, 15) is 4.79 Å². The summed E-state index contributed by atoms with van der Waals surface area (Å²) in [6.45, 7) is 5.53. The van der Waals surface area contributed by atoms with Crippen LogP contribution < -0.4 is 0 Å². The molecule has 0 aromatic heterocycles. The second kappa shape index (κ2) is 7.31. The van der Waals surface area contributed by atoms with E-state index in [0.717, 1.165) is 25.3 Å². The van der Waals surface area contributed by atoms with E-state index in [2.05, 4.69) is 18.7 Å². The van der Waals surface area contributed by atoms with E-state index < -0.39 is 0 Å². The number of amides is 1. The molecule has 0 aromatic rings. The zero-order valence-corrected chi connectivity index (χ0v) is 12.9. The van der Waals surface area contributed by atoms with Gasteiger partial charge in [0.2, 0.25) is 5.91 Å². The summed E-state index contributed by atoms with van der Waals surface area (Å²) in [7, 11) is 0. The predicted octanol–water partition coefficient (Wildman–Crippen LogP) is 4.38. The SMILES string of the molecule is CC(C)C1CCCCN1C(=O)CCC1CCCCC1. The maximum atomic E-state index is 12.5. The Kier molecular flexibility index (Phi) is 5.72. The third-order valence-electron chi connectivity index (χ3n) is 5.13. The highest BCUT2D eigenvalue weighted by atomic mass is 16.2. The van der Waals surface area contributed by atoms with Gasteiger partial charge in [-0.15, -0.1) is 0 Å². The van der Waals surface area contributed by atoms with E-state index in [1.807, 2.05) is 0 Å². The van der Waals surface area contributed by atoms with Gasteiger partial charge in [0, 0.05) is 19.0 Å². The summed E-state index contributed by atoms with van der Waals surface area (Å²) in [6.07, 6.45) is 12.6. The molecule has 0 bridgehead atoms. The lowest BCUT2D eigenvalue weighted by Crippen LogP contribution is -2.46. The molecule has 0 radical (unpaired) electrons. The molecule has 2 rings (SSSR count). The Bertz CT molecular complexity index is 281. The molecule has 2 nitrogen and oxygen atoms in total. The van der Waals surface area contributed by atoms with Crippen molar-refractivity contribution in [2.24, 2.45) is 11.8 Å². The molecule has 1 saturated heterocycles. The van der Waals surface area contributed by atoms with Gasteiger partial charge in [0.05, 0.1) is 0 Å². The Morgan fingerprint density at radius 3 is 2.42 bits per heavy atom. The summed E-state index contributed by atoms with van der Waals surface area (Å²) < 4.78 is 0. The first kappa shape index (κ1) is 14.9. The summed E-state index contributed by atoms with van der Waals surface area (Å²) in [5, 5.41) is 0. The molecule has 19 heavy (non-hydrogen) atoms. The van der Waals surface area contributed by atoms with Crippen LogP contribution in [0.3, 0.4) is 0 Å². The normalized spacial score (nSPS) is 25.8.